The molecule has 1 rings (SSSR count). The molecular formula is C14H26N4O3. The number of ether oxygens (including phenoxy) is 3. The molecular weight excluding hydrogens is 272 g/mol. The van der Waals surface area contributed by atoms with Gasteiger partial charge in [0.2, 0.25) is 5.95 Å². The molecule has 7 heteroatoms. The maximum atomic E-state index is 5.49. The molecule has 0 unspecified atom stereocenters. The Kier molecular flexibility index (Phi) is 9.19. The second kappa shape index (κ2) is 11.1. The van der Waals surface area contributed by atoms with Gasteiger partial charge in [-0.3, -0.25) is 0 Å². The van der Waals surface area contributed by atoms with Crippen molar-refractivity contribution in [3.8, 4) is 12.0 Å². The van der Waals surface area contributed by atoms with Crippen LogP contribution in [0.1, 0.15) is 40.0 Å². The van der Waals surface area contributed by atoms with Gasteiger partial charge in [0.05, 0.1) is 13.2 Å². The van der Waals surface area contributed by atoms with Gasteiger partial charge in [0.1, 0.15) is 6.61 Å². The van der Waals surface area contributed by atoms with E-state index >= 15 is 0 Å². The van der Waals surface area contributed by atoms with Gasteiger partial charge in [-0.25, -0.2) is 0 Å². The summed E-state index contributed by atoms with van der Waals surface area (Å²) < 4.78 is 16.3. The molecule has 1 aromatic rings. The van der Waals surface area contributed by atoms with Crippen molar-refractivity contribution in [3.63, 3.8) is 0 Å². The first-order valence-corrected chi connectivity index (χ1v) is 7.63. The fourth-order valence-electron chi connectivity index (χ4n) is 1.41. The van der Waals surface area contributed by atoms with Gasteiger partial charge in [-0.2, -0.15) is 9.97 Å². The van der Waals surface area contributed by atoms with Gasteiger partial charge in [0.15, 0.2) is 0 Å². The van der Waals surface area contributed by atoms with E-state index in [-0.39, 0.29) is 12.0 Å². The van der Waals surface area contributed by atoms with Crippen molar-refractivity contribution in [2.75, 3.05) is 38.3 Å². The van der Waals surface area contributed by atoms with Gasteiger partial charge in [-0.15, -0.1) is 4.98 Å². The molecule has 0 fully saturated rings. The second-order valence-corrected chi connectivity index (χ2v) is 4.46. The highest BCUT2D eigenvalue weighted by molar-refractivity contribution is 5.27. The highest BCUT2D eigenvalue weighted by Gasteiger charge is 2.08. The molecule has 21 heavy (non-hydrogen) atoms. The maximum absolute atomic E-state index is 5.49. The average Bonchev–Trinajstić information content (AvgIpc) is 2.50. The monoisotopic (exact) mass is 298 g/mol. The van der Waals surface area contributed by atoms with Gasteiger partial charge >= 0.3 is 12.0 Å². The minimum Gasteiger partial charge on any atom is -0.463 e. The lowest BCUT2D eigenvalue weighted by Gasteiger charge is -2.09. The van der Waals surface area contributed by atoms with Crippen molar-refractivity contribution < 1.29 is 14.2 Å². The lowest BCUT2D eigenvalue weighted by Crippen LogP contribution is -2.12. The van der Waals surface area contributed by atoms with Crippen molar-refractivity contribution >= 4 is 5.95 Å². The lowest BCUT2D eigenvalue weighted by molar-refractivity contribution is 0.0966. The topological polar surface area (TPSA) is 78.4 Å². The number of nitrogens with zero attached hydrogens (tertiary/aromatic N) is 3. The molecule has 0 amide bonds. The van der Waals surface area contributed by atoms with Gasteiger partial charge in [0.25, 0.3) is 0 Å². The first kappa shape index (κ1) is 17.4. The molecule has 0 atom stereocenters. The molecule has 0 saturated carbocycles. The molecule has 0 aromatic carbocycles. The molecule has 0 aliphatic heterocycles. The van der Waals surface area contributed by atoms with Crippen molar-refractivity contribution in [3.05, 3.63) is 0 Å². The van der Waals surface area contributed by atoms with Crippen LogP contribution in [-0.4, -0.2) is 47.9 Å². The van der Waals surface area contributed by atoms with Crippen LogP contribution in [0, 0.1) is 0 Å². The summed E-state index contributed by atoms with van der Waals surface area (Å²) in [5, 5.41) is 3.11. The van der Waals surface area contributed by atoms with Crippen LogP contribution in [0.3, 0.4) is 0 Å². The van der Waals surface area contributed by atoms with E-state index in [0.717, 1.165) is 32.4 Å². The number of nitrogens with one attached hydrogen (secondary N) is 1. The number of anilines is 1. The van der Waals surface area contributed by atoms with Crippen LogP contribution in [0.4, 0.5) is 5.95 Å². The molecule has 0 spiro atoms. The van der Waals surface area contributed by atoms with Crippen molar-refractivity contribution in [1.29, 1.82) is 0 Å². The zero-order valence-corrected chi connectivity index (χ0v) is 13.2. The van der Waals surface area contributed by atoms with E-state index in [1.54, 1.807) is 0 Å². The zero-order valence-electron chi connectivity index (χ0n) is 13.2. The van der Waals surface area contributed by atoms with Crippen molar-refractivity contribution in [1.82, 2.24) is 15.0 Å². The number of rotatable bonds is 12. The SMILES string of the molecule is CCCNc1nc(OCCC)nc(OCCOCCC)n1. The summed E-state index contributed by atoms with van der Waals surface area (Å²) in [7, 11) is 0. The molecule has 0 aliphatic rings. The number of aromatic nitrogens is 3. The zero-order chi connectivity index (χ0) is 15.3. The third-order valence-corrected chi connectivity index (χ3v) is 2.37. The summed E-state index contributed by atoms with van der Waals surface area (Å²) in [4.78, 5) is 12.5. The quantitative estimate of drug-likeness (QED) is 0.593. The Morgan fingerprint density at radius 3 is 2.05 bits per heavy atom. The normalized spacial score (nSPS) is 10.4. The smallest absolute Gasteiger partial charge is 0.324 e. The maximum Gasteiger partial charge on any atom is 0.324 e. The summed E-state index contributed by atoms with van der Waals surface area (Å²) in [5.74, 6) is 0.474. The molecule has 0 aliphatic carbocycles. The highest BCUT2D eigenvalue weighted by atomic mass is 16.5. The molecule has 0 bridgehead atoms. The Bertz CT molecular complexity index is 364. The Labute approximate surface area is 126 Å². The third-order valence-electron chi connectivity index (χ3n) is 2.37. The fourth-order valence-corrected chi connectivity index (χ4v) is 1.41. The van der Waals surface area contributed by atoms with Crippen LogP contribution < -0.4 is 14.8 Å². The fraction of sp³-hybridized carbons (Fsp3) is 0.786. The minimum absolute atomic E-state index is 0.259. The van der Waals surface area contributed by atoms with Crippen LogP contribution in [0.25, 0.3) is 0 Å². The molecule has 1 heterocycles. The van der Waals surface area contributed by atoms with Crippen molar-refractivity contribution in [2.45, 2.75) is 40.0 Å². The molecule has 120 valence electrons. The van der Waals surface area contributed by atoms with E-state index in [2.05, 4.69) is 34.1 Å². The summed E-state index contributed by atoms with van der Waals surface area (Å²) >= 11 is 0. The average molecular weight is 298 g/mol. The second-order valence-electron chi connectivity index (χ2n) is 4.46. The van der Waals surface area contributed by atoms with Crippen LogP contribution in [0.2, 0.25) is 0 Å². The van der Waals surface area contributed by atoms with E-state index in [9.17, 15) is 0 Å². The standard InChI is InChI=1S/C14H26N4O3/c1-4-7-15-12-16-13(20-9-6-3)18-14(17-12)21-11-10-19-8-5-2/h4-11H2,1-3H3,(H,15,16,17,18). The Morgan fingerprint density at radius 2 is 1.43 bits per heavy atom. The molecule has 1 aromatic heterocycles. The Balaban J connectivity index is 2.57. The third kappa shape index (κ3) is 7.65. The first-order valence-electron chi connectivity index (χ1n) is 7.63. The predicted octanol–water partition coefficient (Wildman–Crippen LogP) is 2.29. The van der Waals surface area contributed by atoms with Gasteiger partial charge in [0, 0.05) is 13.2 Å². The summed E-state index contributed by atoms with van der Waals surface area (Å²) in [6, 6.07) is 0.546. The number of hydrogen-bond acceptors (Lipinski definition) is 7. The van der Waals surface area contributed by atoms with Crippen LogP contribution >= 0.6 is 0 Å². The van der Waals surface area contributed by atoms with E-state index in [0.29, 0.717) is 25.8 Å². The van der Waals surface area contributed by atoms with Gasteiger partial charge in [-0.05, 0) is 19.3 Å². The predicted molar refractivity (Wildman–Crippen MR) is 81.0 cm³/mol. The van der Waals surface area contributed by atoms with Gasteiger partial charge < -0.3 is 19.5 Å². The Hall–Kier alpha value is -1.63. The summed E-state index contributed by atoms with van der Waals surface area (Å²) in [5.41, 5.74) is 0. The van der Waals surface area contributed by atoms with E-state index < -0.39 is 0 Å². The van der Waals surface area contributed by atoms with Gasteiger partial charge in [-0.1, -0.05) is 20.8 Å². The molecule has 7 nitrogen and oxygen atoms in total. The van der Waals surface area contributed by atoms with Crippen molar-refractivity contribution in [2.24, 2.45) is 0 Å². The molecule has 0 saturated heterocycles. The first-order chi connectivity index (χ1) is 10.3. The largest absolute Gasteiger partial charge is 0.463 e. The molecule has 0 radical (unpaired) electrons. The summed E-state index contributed by atoms with van der Waals surface area (Å²) in [6.07, 6.45) is 2.87. The lowest BCUT2D eigenvalue weighted by atomic mass is 10.5. The molecule has 1 N–H and O–H groups in total. The van der Waals surface area contributed by atoms with Crippen LogP contribution in [0.5, 0.6) is 12.0 Å². The van der Waals surface area contributed by atoms with E-state index in [1.807, 2.05) is 6.92 Å². The minimum atomic E-state index is 0.259. The summed E-state index contributed by atoms with van der Waals surface area (Å²) in [6.45, 7) is 9.18. The van der Waals surface area contributed by atoms with E-state index in [4.69, 9.17) is 14.2 Å². The number of hydrogen-bond donors (Lipinski definition) is 1. The van der Waals surface area contributed by atoms with Crippen LogP contribution in [-0.2, 0) is 4.74 Å². The van der Waals surface area contributed by atoms with Crippen LogP contribution in [0.15, 0.2) is 0 Å². The highest BCUT2D eigenvalue weighted by Crippen LogP contribution is 2.13. The van der Waals surface area contributed by atoms with E-state index in [1.165, 1.54) is 0 Å². The Morgan fingerprint density at radius 1 is 0.762 bits per heavy atom.